The van der Waals surface area contributed by atoms with Crippen LogP contribution in [-0.2, 0) is 4.74 Å². The summed E-state index contributed by atoms with van der Waals surface area (Å²) in [5.41, 5.74) is 0.419. The Morgan fingerprint density at radius 3 is 2.28 bits per heavy atom. The summed E-state index contributed by atoms with van der Waals surface area (Å²) in [4.78, 5) is 0. The number of hydrogen-bond donors (Lipinski definition) is 1. The first-order chi connectivity index (χ1) is 8.20. The molecule has 2 saturated carbocycles. The molecule has 0 spiro atoms. The highest BCUT2D eigenvalue weighted by Gasteiger charge is 2.43. The molecule has 2 fully saturated rings. The molecule has 0 amide bonds. The van der Waals surface area contributed by atoms with Crippen LogP contribution in [0, 0.1) is 16.7 Å². The predicted octanol–water partition coefficient (Wildman–Crippen LogP) is 3.77. The van der Waals surface area contributed by atoms with E-state index in [1.165, 1.54) is 6.42 Å². The van der Waals surface area contributed by atoms with Gasteiger partial charge < -0.3 is 9.84 Å². The van der Waals surface area contributed by atoms with Gasteiger partial charge in [0.15, 0.2) is 0 Å². The van der Waals surface area contributed by atoms with Crippen molar-refractivity contribution in [1.29, 1.82) is 0 Å². The lowest BCUT2D eigenvalue weighted by molar-refractivity contribution is -0.111. The van der Waals surface area contributed by atoms with E-state index >= 15 is 0 Å². The predicted molar refractivity (Wildman–Crippen MR) is 74.5 cm³/mol. The molecule has 0 saturated heterocycles. The van der Waals surface area contributed by atoms with E-state index in [1.807, 2.05) is 0 Å². The average Bonchev–Trinajstić information content (AvgIpc) is 2.42. The SMILES string of the molecule is CC1CC(OC2CCC(C)(C)C2O)CC(C)(C)C1. The average molecular weight is 254 g/mol. The van der Waals surface area contributed by atoms with E-state index in [9.17, 15) is 5.11 Å². The molecule has 2 heteroatoms. The third-order valence-corrected chi connectivity index (χ3v) is 4.94. The molecule has 4 unspecified atom stereocenters. The van der Waals surface area contributed by atoms with E-state index in [4.69, 9.17) is 4.74 Å². The minimum atomic E-state index is -0.294. The van der Waals surface area contributed by atoms with Crippen molar-refractivity contribution in [2.75, 3.05) is 0 Å². The second kappa shape index (κ2) is 4.79. The minimum Gasteiger partial charge on any atom is -0.390 e. The highest BCUT2D eigenvalue weighted by molar-refractivity contribution is 4.93. The fourth-order valence-electron chi connectivity index (χ4n) is 4.08. The van der Waals surface area contributed by atoms with Gasteiger partial charge in [-0.15, -0.1) is 0 Å². The zero-order valence-corrected chi connectivity index (χ0v) is 12.7. The molecule has 0 heterocycles. The van der Waals surface area contributed by atoms with Crippen LogP contribution in [0.25, 0.3) is 0 Å². The van der Waals surface area contributed by atoms with Crippen LogP contribution >= 0.6 is 0 Å². The highest BCUT2D eigenvalue weighted by Crippen LogP contribution is 2.43. The molecule has 0 aromatic rings. The Morgan fingerprint density at radius 1 is 1.11 bits per heavy atom. The Kier molecular flexibility index (Phi) is 3.81. The molecule has 106 valence electrons. The summed E-state index contributed by atoms with van der Waals surface area (Å²) in [6.45, 7) is 11.3. The van der Waals surface area contributed by atoms with Crippen molar-refractivity contribution < 1.29 is 9.84 Å². The maximum atomic E-state index is 10.3. The summed E-state index contributed by atoms with van der Waals surface area (Å²) < 4.78 is 6.26. The lowest BCUT2D eigenvalue weighted by Gasteiger charge is -2.40. The quantitative estimate of drug-likeness (QED) is 0.813. The van der Waals surface area contributed by atoms with Gasteiger partial charge in [-0.3, -0.25) is 0 Å². The summed E-state index contributed by atoms with van der Waals surface area (Å²) in [5, 5.41) is 10.3. The van der Waals surface area contributed by atoms with Crippen LogP contribution < -0.4 is 0 Å². The molecular formula is C16H30O2. The molecule has 2 aliphatic carbocycles. The summed E-state index contributed by atoms with van der Waals surface area (Å²) in [7, 11) is 0. The summed E-state index contributed by atoms with van der Waals surface area (Å²) in [6, 6.07) is 0. The van der Waals surface area contributed by atoms with Crippen molar-refractivity contribution in [2.45, 2.75) is 85.0 Å². The molecular weight excluding hydrogens is 224 g/mol. The Hall–Kier alpha value is -0.0800. The molecule has 1 N–H and O–H groups in total. The summed E-state index contributed by atoms with van der Waals surface area (Å²) in [5.74, 6) is 0.741. The molecule has 2 aliphatic rings. The van der Waals surface area contributed by atoms with Gasteiger partial charge in [0.05, 0.1) is 18.3 Å². The number of ether oxygens (including phenoxy) is 1. The zero-order valence-electron chi connectivity index (χ0n) is 12.7. The van der Waals surface area contributed by atoms with E-state index in [-0.39, 0.29) is 17.6 Å². The van der Waals surface area contributed by atoms with Gasteiger partial charge >= 0.3 is 0 Å². The second-order valence-corrected chi connectivity index (χ2v) is 8.18. The monoisotopic (exact) mass is 254 g/mol. The van der Waals surface area contributed by atoms with Crippen molar-refractivity contribution in [3.8, 4) is 0 Å². The Balaban J connectivity index is 1.94. The second-order valence-electron chi connectivity index (χ2n) is 8.18. The Labute approximate surface area is 112 Å². The topological polar surface area (TPSA) is 29.5 Å². The fourth-order valence-corrected chi connectivity index (χ4v) is 4.08. The van der Waals surface area contributed by atoms with Gasteiger partial charge in [0.1, 0.15) is 0 Å². The highest BCUT2D eigenvalue weighted by atomic mass is 16.5. The normalized spacial score (nSPS) is 43.0. The minimum absolute atomic E-state index is 0.0282. The van der Waals surface area contributed by atoms with Gasteiger partial charge in [-0.2, -0.15) is 0 Å². The van der Waals surface area contributed by atoms with Crippen LogP contribution in [0.15, 0.2) is 0 Å². The number of rotatable bonds is 2. The third-order valence-electron chi connectivity index (χ3n) is 4.94. The fraction of sp³-hybridized carbons (Fsp3) is 1.00. The van der Waals surface area contributed by atoms with Crippen LogP contribution in [-0.4, -0.2) is 23.4 Å². The van der Waals surface area contributed by atoms with Gasteiger partial charge in [0, 0.05) is 0 Å². The summed E-state index contributed by atoms with van der Waals surface area (Å²) in [6.07, 6.45) is 5.80. The zero-order chi connectivity index (χ0) is 13.6. The molecule has 18 heavy (non-hydrogen) atoms. The largest absolute Gasteiger partial charge is 0.390 e. The Bertz CT molecular complexity index is 295. The van der Waals surface area contributed by atoms with Crippen molar-refractivity contribution in [3.05, 3.63) is 0 Å². The first-order valence-electron chi connectivity index (χ1n) is 7.53. The molecule has 0 aromatic heterocycles. The molecule has 4 atom stereocenters. The number of hydrogen-bond acceptors (Lipinski definition) is 2. The van der Waals surface area contributed by atoms with Crippen molar-refractivity contribution in [3.63, 3.8) is 0 Å². The van der Waals surface area contributed by atoms with E-state index in [1.54, 1.807) is 0 Å². The maximum Gasteiger partial charge on any atom is 0.0852 e. The van der Waals surface area contributed by atoms with Gasteiger partial charge in [0.25, 0.3) is 0 Å². The van der Waals surface area contributed by atoms with Crippen molar-refractivity contribution in [2.24, 2.45) is 16.7 Å². The van der Waals surface area contributed by atoms with Crippen molar-refractivity contribution >= 4 is 0 Å². The molecule has 0 radical (unpaired) electrons. The lowest BCUT2D eigenvalue weighted by Crippen LogP contribution is -2.39. The molecule has 0 aromatic carbocycles. The van der Waals surface area contributed by atoms with E-state index < -0.39 is 0 Å². The molecule has 2 rings (SSSR count). The standard InChI is InChI=1S/C16H30O2/c1-11-8-12(10-15(2,3)9-11)18-13-6-7-16(4,5)14(13)17/h11-14,17H,6-10H2,1-5H3. The third kappa shape index (κ3) is 3.08. The van der Waals surface area contributed by atoms with Crippen LogP contribution in [0.5, 0.6) is 0 Å². The van der Waals surface area contributed by atoms with Crippen LogP contribution in [0.1, 0.15) is 66.7 Å². The van der Waals surface area contributed by atoms with Gasteiger partial charge in [-0.25, -0.2) is 0 Å². The molecule has 0 aliphatic heterocycles. The first kappa shape index (κ1) is 14.3. The van der Waals surface area contributed by atoms with Gasteiger partial charge in [-0.05, 0) is 48.9 Å². The van der Waals surface area contributed by atoms with Crippen LogP contribution in [0.4, 0.5) is 0 Å². The maximum absolute atomic E-state index is 10.3. The number of aliphatic hydroxyl groups excluding tert-OH is 1. The number of aliphatic hydroxyl groups is 1. The van der Waals surface area contributed by atoms with Crippen molar-refractivity contribution in [1.82, 2.24) is 0 Å². The van der Waals surface area contributed by atoms with E-state index in [2.05, 4.69) is 34.6 Å². The lowest BCUT2D eigenvalue weighted by atomic mass is 9.71. The molecule has 2 nitrogen and oxygen atoms in total. The molecule has 0 bridgehead atoms. The summed E-state index contributed by atoms with van der Waals surface area (Å²) >= 11 is 0. The first-order valence-corrected chi connectivity index (χ1v) is 7.53. The van der Waals surface area contributed by atoms with Gasteiger partial charge in [-0.1, -0.05) is 34.6 Å². The Morgan fingerprint density at radius 2 is 1.78 bits per heavy atom. The van der Waals surface area contributed by atoms with Crippen LogP contribution in [0.2, 0.25) is 0 Å². The smallest absolute Gasteiger partial charge is 0.0852 e. The van der Waals surface area contributed by atoms with E-state index in [0.717, 1.165) is 31.6 Å². The van der Waals surface area contributed by atoms with Crippen LogP contribution in [0.3, 0.4) is 0 Å². The van der Waals surface area contributed by atoms with E-state index in [0.29, 0.717) is 11.5 Å². The van der Waals surface area contributed by atoms with Gasteiger partial charge in [0.2, 0.25) is 0 Å².